The van der Waals surface area contributed by atoms with E-state index in [9.17, 15) is 28.0 Å². The monoisotopic (exact) mass is 564 g/mol. The van der Waals surface area contributed by atoms with Gasteiger partial charge in [-0.2, -0.15) is 26.3 Å². The zero-order valence-corrected chi connectivity index (χ0v) is 19.3. The van der Waals surface area contributed by atoms with Gasteiger partial charge >= 0.3 is 41.6 Å². The van der Waals surface area contributed by atoms with Gasteiger partial charge in [-0.1, -0.05) is 26.3 Å². The summed E-state index contributed by atoms with van der Waals surface area (Å²) in [5.74, 6) is -30.8. The van der Waals surface area contributed by atoms with E-state index in [2.05, 4.69) is 45.3 Å². The molecule has 0 bridgehead atoms. The summed E-state index contributed by atoms with van der Waals surface area (Å²) >= 11 is 0. The van der Waals surface area contributed by atoms with E-state index >= 15 is 26.3 Å². The van der Waals surface area contributed by atoms with Crippen molar-refractivity contribution in [2.75, 3.05) is 13.3 Å². The van der Waals surface area contributed by atoms with Crippen molar-refractivity contribution in [1.82, 2.24) is 0 Å². The van der Waals surface area contributed by atoms with Gasteiger partial charge in [0.05, 0.1) is 12.8 Å². The molecule has 212 valence electrons. The number of alkyl halides is 8. The zero-order valence-electron chi connectivity index (χ0n) is 19.3. The molecule has 4 unspecified atom stereocenters. The first kappa shape index (κ1) is 32.3. The van der Waals surface area contributed by atoms with Gasteiger partial charge in [0.25, 0.3) is 11.5 Å². The Hall–Kier alpha value is -3.72. The molecule has 0 aromatic carbocycles. The molecular weight excluding hydrogens is 544 g/mol. The van der Waals surface area contributed by atoms with E-state index in [0.29, 0.717) is 0 Å². The number of carbonyl (C=O) groups is 4. The lowest BCUT2D eigenvalue weighted by Crippen LogP contribution is -2.80. The Morgan fingerprint density at radius 2 is 1.03 bits per heavy atom. The molecule has 1 aliphatic rings. The van der Waals surface area contributed by atoms with Gasteiger partial charge in [-0.05, 0) is 0 Å². The van der Waals surface area contributed by atoms with Crippen LogP contribution in [-0.2, 0) is 38.1 Å². The van der Waals surface area contributed by atoms with Crippen molar-refractivity contribution in [3.8, 4) is 0 Å². The smallest absolute Gasteiger partial charge is 0.364 e. The fourth-order valence-corrected chi connectivity index (χ4v) is 3.54. The lowest BCUT2D eigenvalue weighted by Gasteiger charge is -2.54. The van der Waals surface area contributed by atoms with Crippen molar-refractivity contribution < 1.29 is 73.2 Å². The third kappa shape index (κ3) is 5.15. The Balaban J connectivity index is 4.33. The average Bonchev–Trinajstić information content (AvgIpc) is 2.84. The van der Waals surface area contributed by atoms with E-state index in [1.807, 2.05) is 0 Å². The Morgan fingerprint density at radius 1 is 0.605 bits per heavy atom. The highest BCUT2D eigenvalue weighted by Crippen LogP contribution is 2.61. The summed E-state index contributed by atoms with van der Waals surface area (Å²) in [6.07, 6.45) is -5.13. The van der Waals surface area contributed by atoms with Crippen LogP contribution in [-0.4, -0.2) is 72.0 Å². The second-order valence-corrected chi connectivity index (χ2v) is 7.70. The molecule has 1 aliphatic carbocycles. The molecule has 0 spiro atoms. The van der Waals surface area contributed by atoms with Crippen LogP contribution in [0.5, 0.6) is 0 Å². The van der Waals surface area contributed by atoms with E-state index in [4.69, 9.17) is 0 Å². The molecule has 4 atom stereocenters. The molecule has 0 aliphatic heterocycles. The van der Waals surface area contributed by atoms with E-state index in [-0.39, 0.29) is 24.3 Å². The lowest BCUT2D eigenvalue weighted by atomic mass is 9.69. The van der Waals surface area contributed by atoms with Gasteiger partial charge in [0.15, 0.2) is 0 Å². The second-order valence-electron chi connectivity index (χ2n) is 7.70. The summed E-state index contributed by atoms with van der Waals surface area (Å²) < 4.78 is 140. The van der Waals surface area contributed by atoms with Crippen LogP contribution in [0, 0.1) is 0 Å². The summed E-state index contributed by atoms with van der Waals surface area (Å²) in [6.45, 7) is 5.01. The van der Waals surface area contributed by atoms with Crippen LogP contribution >= 0.6 is 0 Å². The average molecular weight is 564 g/mol. The number of esters is 4. The predicted molar refractivity (Wildman–Crippen MR) is 109 cm³/mol. The largest absolute Gasteiger partial charge is 0.446 e. The maximum Gasteiger partial charge on any atom is 0.364 e. The summed E-state index contributed by atoms with van der Waals surface area (Å²) in [5, 5.41) is 0. The van der Waals surface area contributed by atoms with Gasteiger partial charge in [0.1, 0.15) is 13.3 Å². The Morgan fingerprint density at radius 3 is 1.45 bits per heavy atom. The van der Waals surface area contributed by atoms with Crippen LogP contribution in [0.15, 0.2) is 50.6 Å². The minimum atomic E-state index is -6.37. The van der Waals surface area contributed by atoms with Gasteiger partial charge < -0.3 is 18.9 Å². The SMILES string of the molecule is C=CC(=O)OC1(F)CC(F)(OC(=O)C=C)C(F)(F)C(CF)(OC(=O)C=C)C(F)(F)C(CF)(OC(=O)C=C)C1. The molecule has 0 radical (unpaired) electrons. The number of hydrogen-bond acceptors (Lipinski definition) is 8. The molecule has 0 aromatic heterocycles. The van der Waals surface area contributed by atoms with Crippen molar-refractivity contribution in [3.63, 3.8) is 0 Å². The highest BCUT2D eigenvalue weighted by molar-refractivity contribution is 5.83. The third-order valence-electron chi connectivity index (χ3n) is 5.28. The quantitative estimate of drug-likeness (QED) is 0.171. The standard InChI is InChI=1S/C22H20F8O8/c1-5-13(31)35-17(11-23)9-18(25,36-14(32)6-2)10-20(26,38-16(34)8-4)22(29,30)19(12-24,21(17,27)28)37-15(33)7-3/h5-8H,1-4,9-12H2. The number of rotatable bonds is 10. The Labute approximate surface area is 209 Å². The summed E-state index contributed by atoms with van der Waals surface area (Å²) in [4.78, 5) is 47.0. The number of carbonyl (C=O) groups excluding carboxylic acids is 4. The lowest BCUT2D eigenvalue weighted by molar-refractivity contribution is -0.416. The van der Waals surface area contributed by atoms with Crippen molar-refractivity contribution in [1.29, 1.82) is 0 Å². The molecule has 0 saturated heterocycles. The summed E-state index contributed by atoms with van der Waals surface area (Å²) in [6, 6.07) is 0. The maximum absolute atomic E-state index is 16.1. The molecule has 1 rings (SSSR count). The third-order valence-corrected chi connectivity index (χ3v) is 5.28. The maximum atomic E-state index is 16.1. The van der Waals surface area contributed by atoms with Crippen LogP contribution in [0.3, 0.4) is 0 Å². The first-order valence-corrected chi connectivity index (χ1v) is 10.0. The van der Waals surface area contributed by atoms with Crippen LogP contribution in [0.1, 0.15) is 12.8 Å². The summed E-state index contributed by atoms with van der Waals surface area (Å²) in [7, 11) is 0. The van der Waals surface area contributed by atoms with Gasteiger partial charge in [-0.3, -0.25) is 0 Å². The molecule has 8 nitrogen and oxygen atoms in total. The summed E-state index contributed by atoms with van der Waals surface area (Å²) in [5.41, 5.74) is -10.1. The first-order chi connectivity index (χ1) is 17.4. The molecular formula is C22H20F8O8. The van der Waals surface area contributed by atoms with E-state index < -0.39 is 84.8 Å². The number of ether oxygens (including phenoxy) is 4. The fraction of sp³-hybridized carbons (Fsp3) is 0.455. The van der Waals surface area contributed by atoms with Crippen molar-refractivity contribution in [3.05, 3.63) is 50.6 Å². The minimum Gasteiger partial charge on any atom is -0.446 e. The van der Waals surface area contributed by atoms with Crippen LogP contribution in [0.2, 0.25) is 0 Å². The second kappa shape index (κ2) is 10.9. The predicted octanol–water partition coefficient (Wildman–Crippen LogP) is 3.72. The van der Waals surface area contributed by atoms with Crippen LogP contribution < -0.4 is 0 Å². The van der Waals surface area contributed by atoms with Gasteiger partial charge in [-0.15, -0.1) is 0 Å². The highest BCUT2D eigenvalue weighted by Gasteiger charge is 2.88. The topological polar surface area (TPSA) is 105 Å². The molecule has 1 saturated carbocycles. The van der Waals surface area contributed by atoms with Gasteiger partial charge in [0.2, 0.25) is 5.60 Å². The Bertz CT molecular complexity index is 1030. The molecule has 0 aromatic rings. The Kier molecular flexibility index (Phi) is 9.31. The number of hydrogen-bond donors (Lipinski definition) is 0. The van der Waals surface area contributed by atoms with Gasteiger partial charge in [-0.25, -0.2) is 28.0 Å². The van der Waals surface area contributed by atoms with Crippen molar-refractivity contribution >= 4 is 23.9 Å². The molecule has 0 heterocycles. The molecule has 16 heteroatoms. The molecule has 0 N–H and O–H groups in total. The van der Waals surface area contributed by atoms with Crippen molar-refractivity contribution in [2.45, 2.75) is 47.6 Å². The fourth-order valence-electron chi connectivity index (χ4n) is 3.54. The van der Waals surface area contributed by atoms with E-state index in [0.717, 1.165) is 0 Å². The molecule has 0 amide bonds. The van der Waals surface area contributed by atoms with Crippen molar-refractivity contribution in [2.24, 2.45) is 0 Å². The minimum absolute atomic E-state index is 0.00851. The molecule has 1 fully saturated rings. The molecule has 38 heavy (non-hydrogen) atoms. The zero-order chi connectivity index (χ0) is 29.8. The van der Waals surface area contributed by atoms with Crippen LogP contribution in [0.25, 0.3) is 0 Å². The van der Waals surface area contributed by atoms with E-state index in [1.54, 1.807) is 0 Å². The number of halogens is 8. The van der Waals surface area contributed by atoms with Crippen LogP contribution in [0.4, 0.5) is 35.1 Å². The first-order valence-electron chi connectivity index (χ1n) is 10.0. The highest BCUT2D eigenvalue weighted by atomic mass is 19.3. The van der Waals surface area contributed by atoms with E-state index in [1.165, 1.54) is 0 Å². The normalized spacial score (nSPS) is 31.8. The van der Waals surface area contributed by atoms with Gasteiger partial charge in [0, 0.05) is 24.3 Å².